The van der Waals surface area contributed by atoms with E-state index < -0.39 is 0 Å². The van der Waals surface area contributed by atoms with E-state index in [-0.39, 0.29) is 5.91 Å². The lowest BCUT2D eigenvalue weighted by molar-refractivity contribution is -0.122. The zero-order valence-electron chi connectivity index (χ0n) is 21.8. The van der Waals surface area contributed by atoms with E-state index in [0.29, 0.717) is 11.4 Å². The average Bonchev–Trinajstić information content (AvgIpc) is 3.46. The van der Waals surface area contributed by atoms with E-state index in [2.05, 4.69) is 78.4 Å². The molecule has 0 radical (unpaired) electrons. The molecule has 0 unspecified atom stereocenters. The van der Waals surface area contributed by atoms with Gasteiger partial charge >= 0.3 is 0 Å². The van der Waals surface area contributed by atoms with Gasteiger partial charge in [0.1, 0.15) is 0 Å². The van der Waals surface area contributed by atoms with Gasteiger partial charge in [-0.2, -0.15) is 0 Å². The minimum absolute atomic E-state index is 0.00156. The van der Waals surface area contributed by atoms with Crippen molar-refractivity contribution in [2.24, 2.45) is 4.99 Å². The van der Waals surface area contributed by atoms with E-state index in [4.69, 9.17) is 4.99 Å². The van der Waals surface area contributed by atoms with Gasteiger partial charge in [-0.05, 0) is 60.5 Å². The highest BCUT2D eigenvalue weighted by atomic mass is 32.2. The number of rotatable bonds is 7. The molecule has 0 atom stereocenters. The normalized spacial score (nSPS) is 15.6. The predicted octanol–water partition coefficient (Wildman–Crippen LogP) is 7.84. The number of aryl methyl sites for hydroxylation is 1. The Hall–Kier alpha value is -4.35. The molecule has 2 heterocycles. The maximum absolute atomic E-state index is 13.8. The Balaban J connectivity index is 1.35. The van der Waals surface area contributed by atoms with Gasteiger partial charge in [-0.25, -0.2) is 4.99 Å². The summed E-state index contributed by atoms with van der Waals surface area (Å²) in [5.74, 6) is 0.00156. The molecule has 1 aliphatic rings. The summed E-state index contributed by atoms with van der Waals surface area (Å²) in [5, 5.41) is 1.85. The molecule has 1 amide bonds. The molecule has 6 rings (SSSR count). The first-order valence-electron chi connectivity index (χ1n) is 13.2. The molecule has 1 aromatic heterocycles. The van der Waals surface area contributed by atoms with Crippen LogP contribution in [-0.4, -0.2) is 27.1 Å². The molecule has 5 heteroatoms. The van der Waals surface area contributed by atoms with Crippen molar-refractivity contribution in [3.05, 3.63) is 143 Å². The number of aromatic nitrogens is 1. The molecule has 1 saturated heterocycles. The second kappa shape index (κ2) is 11.2. The number of carbonyl (C=O) groups excluding carboxylic acids is 1. The second-order valence-corrected chi connectivity index (χ2v) is 10.8. The molecule has 0 saturated carbocycles. The average molecular weight is 528 g/mol. The number of thioether (sulfide) groups is 1. The van der Waals surface area contributed by atoms with E-state index in [1.165, 1.54) is 28.5 Å². The Morgan fingerprint density at radius 1 is 0.795 bits per heavy atom. The summed E-state index contributed by atoms with van der Waals surface area (Å²) in [4.78, 5) is 21.2. The Morgan fingerprint density at radius 2 is 1.46 bits per heavy atom. The Labute approximate surface area is 233 Å². The topological polar surface area (TPSA) is 37.6 Å². The Bertz CT molecular complexity index is 1670. The lowest BCUT2D eigenvalue weighted by Gasteiger charge is -2.15. The van der Waals surface area contributed by atoms with Crippen LogP contribution < -0.4 is 0 Å². The van der Waals surface area contributed by atoms with Crippen molar-refractivity contribution >= 4 is 45.5 Å². The maximum Gasteiger partial charge on any atom is 0.266 e. The van der Waals surface area contributed by atoms with Crippen molar-refractivity contribution in [1.29, 1.82) is 0 Å². The van der Waals surface area contributed by atoms with Crippen LogP contribution in [0.3, 0.4) is 0 Å². The highest BCUT2D eigenvalue weighted by Crippen LogP contribution is 2.36. The van der Waals surface area contributed by atoms with Gasteiger partial charge < -0.3 is 4.57 Å². The fourth-order valence-electron chi connectivity index (χ4n) is 4.85. The molecule has 0 aliphatic carbocycles. The second-order valence-electron chi connectivity index (χ2n) is 9.75. The zero-order valence-corrected chi connectivity index (χ0v) is 22.6. The molecule has 192 valence electrons. The quantitative estimate of drug-likeness (QED) is 0.202. The van der Waals surface area contributed by atoms with Crippen molar-refractivity contribution in [1.82, 2.24) is 9.47 Å². The standard InChI is InChI=1S/C34H29N3OS/c1-25-16-18-29(19-17-25)35-34-37(21-20-26-10-4-2-5-11-26)33(38)32(39-34)22-28-24-36(23-27-12-6-3-7-13-27)31-15-9-8-14-30(28)31/h2-19,22,24H,20-21,23H2,1H3/b32-22+,35-34?. The van der Waals surface area contributed by atoms with E-state index in [1.54, 1.807) is 0 Å². The number of hydrogen-bond donors (Lipinski definition) is 0. The first-order valence-corrected chi connectivity index (χ1v) is 14.0. The summed E-state index contributed by atoms with van der Waals surface area (Å²) in [5.41, 5.74) is 6.66. The smallest absolute Gasteiger partial charge is 0.266 e. The third-order valence-corrected chi connectivity index (χ3v) is 7.92. The summed E-state index contributed by atoms with van der Waals surface area (Å²) in [7, 11) is 0. The van der Waals surface area contributed by atoms with Gasteiger partial charge in [0.25, 0.3) is 5.91 Å². The SMILES string of the molecule is Cc1ccc(N=C2S/C(=C/c3cn(Cc4ccccc4)c4ccccc34)C(=O)N2CCc2ccccc2)cc1. The van der Waals surface area contributed by atoms with Gasteiger partial charge in [0, 0.05) is 35.8 Å². The highest BCUT2D eigenvalue weighted by molar-refractivity contribution is 8.18. The summed E-state index contributed by atoms with van der Waals surface area (Å²) in [6.07, 6.45) is 4.95. The molecule has 0 bridgehead atoms. The van der Waals surface area contributed by atoms with E-state index >= 15 is 0 Å². The number of nitrogens with zero attached hydrogens (tertiary/aromatic N) is 3. The summed E-state index contributed by atoms with van der Waals surface area (Å²) < 4.78 is 2.26. The number of benzene rings is 4. The first-order chi connectivity index (χ1) is 19.1. The molecule has 1 aliphatic heterocycles. The molecular weight excluding hydrogens is 498 g/mol. The van der Waals surface area contributed by atoms with Crippen LogP contribution in [0.25, 0.3) is 17.0 Å². The van der Waals surface area contributed by atoms with Crippen LogP contribution in [0.15, 0.2) is 125 Å². The van der Waals surface area contributed by atoms with Crippen molar-refractivity contribution in [2.75, 3.05) is 6.54 Å². The van der Waals surface area contributed by atoms with Gasteiger partial charge in [0.2, 0.25) is 0 Å². The molecule has 4 aromatic carbocycles. The molecule has 1 fully saturated rings. The molecule has 0 N–H and O–H groups in total. The van der Waals surface area contributed by atoms with Crippen LogP contribution in [0.5, 0.6) is 0 Å². The van der Waals surface area contributed by atoms with Crippen LogP contribution in [0.4, 0.5) is 5.69 Å². The van der Waals surface area contributed by atoms with Crippen molar-refractivity contribution in [3.8, 4) is 0 Å². The Morgan fingerprint density at radius 3 is 2.21 bits per heavy atom. The van der Waals surface area contributed by atoms with E-state index in [0.717, 1.165) is 40.3 Å². The Kier molecular flexibility index (Phi) is 7.15. The number of fused-ring (bicyclic) bond motifs is 1. The van der Waals surface area contributed by atoms with Crippen LogP contribution in [0, 0.1) is 6.92 Å². The van der Waals surface area contributed by atoms with Crippen LogP contribution in [0.1, 0.15) is 22.3 Å². The summed E-state index contributed by atoms with van der Waals surface area (Å²) >= 11 is 1.46. The van der Waals surface area contributed by atoms with Gasteiger partial charge in [-0.1, -0.05) is 96.6 Å². The van der Waals surface area contributed by atoms with E-state index in [9.17, 15) is 4.79 Å². The molecular formula is C34H29N3OS. The van der Waals surface area contributed by atoms with Gasteiger partial charge in [0.05, 0.1) is 10.6 Å². The van der Waals surface area contributed by atoms with Crippen LogP contribution in [-0.2, 0) is 17.8 Å². The third-order valence-electron chi connectivity index (χ3n) is 6.92. The number of aliphatic imine (C=N–C) groups is 1. The largest absolute Gasteiger partial charge is 0.342 e. The lowest BCUT2D eigenvalue weighted by Crippen LogP contribution is -2.31. The number of amides is 1. The number of para-hydroxylation sites is 1. The van der Waals surface area contributed by atoms with Gasteiger partial charge in [-0.15, -0.1) is 0 Å². The highest BCUT2D eigenvalue weighted by Gasteiger charge is 2.33. The van der Waals surface area contributed by atoms with Gasteiger partial charge in [0.15, 0.2) is 5.17 Å². The van der Waals surface area contributed by atoms with E-state index in [1.807, 2.05) is 59.5 Å². The number of amidine groups is 1. The van der Waals surface area contributed by atoms with Crippen LogP contribution in [0.2, 0.25) is 0 Å². The number of hydrogen-bond acceptors (Lipinski definition) is 3. The fourth-order valence-corrected chi connectivity index (χ4v) is 5.86. The third kappa shape index (κ3) is 5.59. The predicted molar refractivity (Wildman–Crippen MR) is 163 cm³/mol. The summed E-state index contributed by atoms with van der Waals surface area (Å²) in [6, 6.07) is 37.2. The minimum atomic E-state index is 0.00156. The molecule has 5 aromatic rings. The lowest BCUT2D eigenvalue weighted by atomic mass is 10.1. The molecule has 4 nitrogen and oxygen atoms in total. The summed E-state index contributed by atoms with van der Waals surface area (Å²) in [6.45, 7) is 3.41. The first kappa shape index (κ1) is 25.0. The number of carbonyl (C=O) groups is 1. The minimum Gasteiger partial charge on any atom is -0.342 e. The zero-order chi connectivity index (χ0) is 26.6. The molecule has 0 spiro atoms. The van der Waals surface area contributed by atoms with Crippen molar-refractivity contribution < 1.29 is 4.79 Å². The fraction of sp³-hybridized carbons (Fsp3) is 0.118. The van der Waals surface area contributed by atoms with Crippen molar-refractivity contribution in [3.63, 3.8) is 0 Å². The van der Waals surface area contributed by atoms with Gasteiger partial charge in [-0.3, -0.25) is 9.69 Å². The molecule has 39 heavy (non-hydrogen) atoms. The van der Waals surface area contributed by atoms with Crippen molar-refractivity contribution in [2.45, 2.75) is 19.9 Å². The maximum atomic E-state index is 13.8. The van der Waals surface area contributed by atoms with Crippen LogP contribution >= 0.6 is 11.8 Å². The monoisotopic (exact) mass is 527 g/mol.